The second-order valence-corrected chi connectivity index (χ2v) is 50.7. The van der Waals surface area contributed by atoms with Crippen LogP contribution in [-0.2, 0) is 4.92 Å². The molecule has 6 atom stereocenters. The minimum absolute atomic E-state index is 0.101. The van der Waals surface area contributed by atoms with Crippen LogP contribution in [0.2, 0.25) is 0 Å². The summed E-state index contributed by atoms with van der Waals surface area (Å²) in [6.07, 6.45) is 7.90. The monoisotopic (exact) mass is 1130 g/mol. The van der Waals surface area contributed by atoms with Gasteiger partial charge in [0, 0.05) is 73.4 Å². The van der Waals surface area contributed by atoms with Crippen LogP contribution < -0.4 is 5.32 Å². The van der Waals surface area contributed by atoms with E-state index < -0.39 is 0 Å². The Hall–Kier alpha value is 3.08. The molecule has 0 aromatic rings. The first-order valence-electron chi connectivity index (χ1n) is 16.7. The number of likely N-dealkylation sites (N-methyl/N-ethyl adjacent to an activating group) is 2. The van der Waals surface area contributed by atoms with Crippen molar-refractivity contribution in [2.45, 2.75) is 99.5 Å². The van der Waals surface area contributed by atoms with Crippen molar-refractivity contribution in [2.24, 2.45) is 0 Å². The number of halogens is 6. The summed E-state index contributed by atoms with van der Waals surface area (Å²) in [5.74, 6) is 0. The number of aliphatic hydroxyl groups excluding tert-OH is 1. The number of piperazine rings is 3. The van der Waals surface area contributed by atoms with E-state index in [4.69, 9.17) is 5.11 Å². The first-order valence-corrected chi connectivity index (χ1v) is 31.5. The van der Waals surface area contributed by atoms with E-state index in [9.17, 15) is 8.78 Å². The van der Waals surface area contributed by atoms with Crippen LogP contribution in [0.25, 0.3) is 0 Å². The minimum atomic E-state index is -0.278. The summed E-state index contributed by atoms with van der Waals surface area (Å²) in [5.41, 5.74) is 0. The molecule has 0 spiro atoms. The Morgan fingerprint density at radius 3 is 1.58 bits per heavy atom. The van der Waals surface area contributed by atoms with E-state index in [2.05, 4.69) is 140 Å². The van der Waals surface area contributed by atoms with Crippen molar-refractivity contribution in [1.29, 1.82) is 0 Å². The van der Waals surface area contributed by atoms with Crippen LogP contribution in [0.15, 0.2) is 0 Å². The molecule has 6 unspecified atom stereocenters. The Morgan fingerprint density at radius 2 is 1.16 bits per heavy atom. The number of nitrogens with zero attached hydrogens (tertiary/aromatic N) is 5. The van der Waals surface area contributed by atoms with E-state index in [0.29, 0.717) is 18.7 Å². The molecule has 0 amide bonds. The normalized spacial score (nSPS) is 31.8. The molecule has 270 valence electrons. The number of hydrogen-bond donors (Lipinski definition) is 2. The third-order valence-electron chi connectivity index (χ3n) is 9.30. The molecule has 0 aromatic carbocycles. The van der Waals surface area contributed by atoms with Gasteiger partial charge in [0.1, 0.15) is 13.3 Å². The fourth-order valence-electron chi connectivity index (χ4n) is 6.95. The Kier molecular flexibility index (Phi) is 27.5. The van der Waals surface area contributed by atoms with Gasteiger partial charge in [-0.2, -0.15) is 6.92 Å². The van der Waals surface area contributed by atoms with Gasteiger partial charge in [0.2, 0.25) is 0 Å². The first-order chi connectivity index (χ1) is 21.5. The molecule has 6 aliphatic heterocycles. The molecule has 6 heterocycles. The number of hydrogen-bond acceptors (Lipinski definition) is 7. The average molecular weight is 1130 g/mol. The number of aliphatic hydroxyl groups is 1. The maximum atomic E-state index is 12.5. The van der Waals surface area contributed by atoms with Crippen LogP contribution >= 0.6 is 82.5 Å². The summed E-state index contributed by atoms with van der Waals surface area (Å²) in [6.45, 7) is 18.9. The molecular weight excluding hydrogens is 1070 g/mol. The first kappa shape index (κ1) is 46.1. The molecule has 0 bridgehead atoms. The van der Waals surface area contributed by atoms with Crippen molar-refractivity contribution >= 4 is 82.5 Å². The van der Waals surface area contributed by atoms with Crippen molar-refractivity contribution in [1.82, 2.24) is 29.8 Å². The zero-order valence-corrected chi connectivity index (χ0v) is 38.4. The predicted octanol–water partition coefficient (Wildman–Crippen LogP) is 6.21. The second-order valence-electron chi connectivity index (χ2n) is 12.9. The molecule has 0 radical (unpaired) electrons. The van der Waals surface area contributed by atoms with E-state index in [1.807, 2.05) is 7.05 Å². The van der Waals surface area contributed by atoms with Gasteiger partial charge in [-0.15, -0.1) is 0 Å². The van der Waals surface area contributed by atoms with Gasteiger partial charge >= 0.3 is 64.9 Å². The summed E-state index contributed by atoms with van der Waals surface area (Å²) < 4.78 is 25.6. The molecule has 6 aliphatic rings. The van der Waals surface area contributed by atoms with E-state index in [0.717, 1.165) is 55.3 Å². The van der Waals surface area contributed by atoms with Crippen LogP contribution in [0.3, 0.4) is 0 Å². The number of rotatable bonds is 3. The van der Waals surface area contributed by atoms with Crippen molar-refractivity contribution in [3.8, 4) is 0 Å². The quantitative estimate of drug-likeness (QED) is 0.198. The van der Waals surface area contributed by atoms with Crippen LogP contribution in [0.4, 0.5) is 8.78 Å². The van der Waals surface area contributed by atoms with Gasteiger partial charge in [-0.05, 0) is 72.3 Å². The molecule has 14 heteroatoms. The van der Waals surface area contributed by atoms with Gasteiger partial charge < -0.3 is 17.3 Å². The number of fused-ring (bicyclic) bond motifs is 3. The van der Waals surface area contributed by atoms with E-state index in [1.54, 1.807) is 6.92 Å². The zero-order chi connectivity index (χ0) is 33.9. The topological polar surface area (TPSA) is 48.5 Å². The van der Waals surface area contributed by atoms with Crippen molar-refractivity contribution in [2.75, 3.05) is 93.0 Å². The fraction of sp³-hybridized carbons (Fsp3) is 0.968. The number of alkyl halides is 3. The standard InChI is InChI=1S/C9H17FN2.C9H18N2O.C8H15FN2.C3H7I.C2H5.3HI.V/c1-11-6-8-3-2-4-12(8)7-9(11)5-10;1-10-5-8-3-2-4-11(8)6-9(10)7-12;9-4-7-6-11-3-1-2-8(11)5-10-7;1-3(2)4;1-2;;;;/h8-9H,2-7H2,1H3;8-9,12H,2-7H2,1H3;7-8,10H,1-6H2;3H,1-2H3;1H2,2H3;3*1H;/q;;;;-1;;;;+3/p-3. The molecular formula is C31H62F2I4N6OV-. The van der Waals surface area contributed by atoms with Crippen molar-refractivity contribution in [3.05, 3.63) is 6.92 Å². The Labute approximate surface area is 326 Å². The summed E-state index contributed by atoms with van der Waals surface area (Å²) in [6, 6.07) is 2.83. The molecule has 6 fully saturated rings. The molecule has 0 aromatic heterocycles. The predicted molar refractivity (Wildman–Crippen MR) is 220 cm³/mol. The number of nitrogens with one attached hydrogen (secondary N) is 1. The third-order valence-corrected chi connectivity index (χ3v) is 9.30. The van der Waals surface area contributed by atoms with Crippen molar-refractivity contribution < 1.29 is 18.8 Å². The molecule has 7 nitrogen and oxygen atoms in total. The van der Waals surface area contributed by atoms with E-state index in [-0.39, 0.29) is 30.4 Å². The molecule has 2 N–H and O–H groups in total. The summed E-state index contributed by atoms with van der Waals surface area (Å²) in [4.78, 5) is 11.6. The second kappa shape index (κ2) is 26.8. The molecule has 0 saturated carbocycles. The summed E-state index contributed by atoms with van der Waals surface area (Å²) in [5, 5.41) is 12.3. The van der Waals surface area contributed by atoms with Crippen molar-refractivity contribution in [3.63, 3.8) is 0 Å². The Morgan fingerprint density at radius 1 is 0.756 bits per heavy atom. The Balaban J connectivity index is 0.000000295. The van der Waals surface area contributed by atoms with Gasteiger partial charge in [-0.25, -0.2) is 8.78 Å². The zero-order valence-electron chi connectivity index (χ0n) is 28.4. The van der Waals surface area contributed by atoms with Crippen LogP contribution in [0.1, 0.15) is 59.3 Å². The fourth-order valence-corrected chi connectivity index (χ4v) is 6.95. The molecule has 6 saturated heterocycles. The molecule has 0 aliphatic carbocycles. The third kappa shape index (κ3) is 18.4. The Bertz CT molecular complexity index is 696. The van der Waals surface area contributed by atoms with Gasteiger partial charge in [0.05, 0.1) is 12.6 Å². The molecule has 45 heavy (non-hydrogen) atoms. The van der Waals surface area contributed by atoms with Crippen LogP contribution in [-0.4, -0.2) is 163 Å². The van der Waals surface area contributed by atoms with Gasteiger partial charge in [0.25, 0.3) is 0 Å². The SMILES string of the molecule is CC(C)I.CN1CC2CCCN2CC1CF.CN1CC2CCCN2CC1CO.FCC1CN2CCCC2CN1.[CH2-]C.[I][V]([I])[I]. The van der Waals surface area contributed by atoms with Crippen LogP contribution in [0, 0.1) is 6.92 Å². The van der Waals surface area contributed by atoms with Gasteiger partial charge in [-0.1, -0.05) is 36.4 Å². The average Bonchev–Trinajstić information content (AvgIpc) is 3.77. The van der Waals surface area contributed by atoms with Gasteiger partial charge in [0.15, 0.2) is 0 Å². The maximum absolute atomic E-state index is 12.5. The van der Waals surface area contributed by atoms with E-state index >= 15 is 0 Å². The summed E-state index contributed by atoms with van der Waals surface area (Å²) in [7, 11) is 4.16. The summed E-state index contributed by atoms with van der Waals surface area (Å²) >= 11 is 9.73. The van der Waals surface area contributed by atoms with E-state index in [1.165, 1.54) is 58.2 Å². The van der Waals surface area contributed by atoms with Crippen LogP contribution in [0.5, 0.6) is 0 Å². The molecule has 6 rings (SSSR count). The van der Waals surface area contributed by atoms with Gasteiger partial charge in [-0.3, -0.25) is 24.5 Å².